The van der Waals surface area contributed by atoms with E-state index in [2.05, 4.69) is 35.7 Å². The van der Waals surface area contributed by atoms with Gasteiger partial charge in [0.25, 0.3) is 0 Å². The Bertz CT molecular complexity index is 319. The number of aliphatic imine (C=N–C) groups is 1. The van der Waals surface area contributed by atoms with Gasteiger partial charge in [-0.15, -0.1) is 11.8 Å². The molecule has 0 unspecified atom stereocenters. The highest BCUT2D eigenvalue weighted by Gasteiger charge is 2.00. The number of nitrogens with zero attached hydrogens (tertiary/aromatic N) is 1. The molecule has 3 nitrogen and oxygen atoms in total. The first-order chi connectivity index (χ1) is 7.31. The lowest BCUT2D eigenvalue weighted by Gasteiger charge is -2.06. The summed E-state index contributed by atoms with van der Waals surface area (Å²) in [5.41, 5.74) is 3.67. The third-order valence-electron chi connectivity index (χ3n) is 1.99. The number of thioether (sulfide) groups is 1. The van der Waals surface area contributed by atoms with Gasteiger partial charge in [-0.1, -0.05) is 19.1 Å². The van der Waals surface area contributed by atoms with Gasteiger partial charge in [0.2, 0.25) is 0 Å². The Hall–Kier alpha value is -1.00. The van der Waals surface area contributed by atoms with Crippen molar-refractivity contribution in [1.82, 2.24) is 5.43 Å². The Kier molecular flexibility index (Phi) is 5.21. The number of rotatable bonds is 4. The van der Waals surface area contributed by atoms with Crippen LogP contribution in [0.2, 0.25) is 0 Å². The van der Waals surface area contributed by atoms with Crippen LogP contribution in [0.15, 0.2) is 34.2 Å². The number of nitrogens with two attached hydrogens (primary N) is 1. The van der Waals surface area contributed by atoms with Gasteiger partial charge in [-0.2, -0.15) is 0 Å². The molecule has 4 heteroatoms. The Balaban J connectivity index is 2.83. The SMILES string of the molecule is CCCN=C(NN)c1ccc(SC)cc1. The van der Waals surface area contributed by atoms with Crippen molar-refractivity contribution in [2.75, 3.05) is 12.8 Å². The smallest absolute Gasteiger partial charge is 0.142 e. The van der Waals surface area contributed by atoms with E-state index in [1.807, 2.05) is 12.1 Å². The van der Waals surface area contributed by atoms with Crippen LogP contribution < -0.4 is 11.3 Å². The summed E-state index contributed by atoms with van der Waals surface area (Å²) >= 11 is 1.72. The van der Waals surface area contributed by atoms with Gasteiger partial charge in [0.15, 0.2) is 0 Å². The predicted octanol–water partition coefficient (Wildman–Crippen LogP) is 2.03. The van der Waals surface area contributed by atoms with E-state index in [4.69, 9.17) is 5.84 Å². The third kappa shape index (κ3) is 3.57. The van der Waals surface area contributed by atoms with Crippen molar-refractivity contribution in [3.63, 3.8) is 0 Å². The number of amidine groups is 1. The van der Waals surface area contributed by atoms with Crippen molar-refractivity contribution in [3.8, 4) is 0 Å². The summed E-state index contributed by atoms with van der Waals surface area (Å²) in [4.78, 5) is 5.60. The fraction of sp³-hybridized carbons (Fsp3) is 0.364. The molecule has 0 fully saturated rings. The lowest BCUT2D eigenvalue weighted by molar-refractivity contribution is 0.907. The maximum Gasteiger partial charge on any atom is 0.142 e. The van der Waals surface area contributed by atoms with E-state index in [0.29, 0.717) is 0 Å². The molecule has 1 aromatic rings. The van der Waals surface area contributed by atoms with Crippen molar-refractivity contribution in [2.45, 2.75) is 18.2 Å². The molecule has 0 aromatic heterocycles. The van der Waals surface area contributed by atoms with Gasteiger partial charge in [0.1, 0.15) is 5.84 Å². The molecule has 0 spiro atoms. The van der Waals surface area contributed by atoms with Crippen LogP contribution in [0.3, 0.4) is 0 Å². The first-order valence-corrected chi connectivity index (χ1v) is 6.19. The van der Waals surface area contributed by atoms with Gasteiger partial charge < -0.3 is 5.43 Å². The molecule has 1 rings (SSSR count). The number of hydrogen-bond acceptors (Lipinski definition) is 3. The van der Waals surface area contributed by atoms with Gasteiger partial charge in [0, 0.05) is 17.0 Å². The van der Waals surface area contributed by atoms with Gasteiger partial charge in [0.05, 0.1) is 0 Å². The zero-order valence-electron chi connectivity index (χ0n) is 9.16. The fourth-order valence-corrected chi connectivity index (χ4v) is 1.60. The van der Waals surface area contributed by atoms with Gasteiger partial charge in [-0.05, 0) is 24.8 Å². The van der Waals surface area contributed by atoms with Gasteiger partial charge in [-0.25, -0.2) is 5.84 Å². The van der Waals surface area contributed by atoms with E-state index in [1.54, 1.807) is 11.8 Å². The minimum atomic E-state index is 0.754. The molecule has 0 amide bonds. The lowest BCUT2D eigenvalue weighted by Crippen LogP contribution is -2.31. The summed E-state index contributed by atoms with van der Waals surface area (Å²) in [6.07, 6.45) is 3.08. The third-order valence-corrected chi connectivity index (χ3v) is 2.74. The van der Waals surface area contributed by atoms with E-state index in [0.717, 1.165) is 24.4 Å². The molecule has 0 bridgehead atoms. The largest absolute Gasteiger partial charge is 0.308 e. The number of benzene rings is 1. The average molecular weight is 223 g/mol. The number of nitrogens with one attached hydrogen (secondary N) is 1. The summed E-state index contributed by atoms with van der Waals surface area (Å²) in [7, 11) is 0. The molecule has 82 valence electrons. The molecular weight excluding hydrogens is 206 g/mol. The van der Waals surface area contributed by atoms with Crippen LogP contribution >= 0.6 is 11.8 Å². The molecule has 15 heavy (non-hydrogen) atoms. The Morgan fingerprint density at radius 2 is 2.07 bits per heavy atom. The molecule has 0 aliphatic rings. The number of hydrazine groups is 1. The zero-order chi connectivity index (χ0) is 11.1. The molecule has 0 aliphatic carbocycles. The Morgan fingerprint density at radius 1 is 1.40 bits per heavy atom. The molecule has 0 saturated heterocycles. The maximum atomic E-state index is 5.43. The maximum absolute atomic E-state index is 5.43. The highest BCUT2D eigenvalue weighted by molar-refractivity contribution is 7.98. The van der Waals surface area contributed by atoms with Crippen molar-refractivity contribution >= 4 is 17.6 Å². The van der Waals surface area contributed by atoms with Crippen molar-refractivity contribution in [3.05, 3.63) is 29.8 Å². The van der Waals surface area contributed by atoms with Crippen LogP contribution in [-0.4, -0.2) is 18.6 Å². The first kappa shape index (κ1) is 12.1. The number of hydrogen-bond donors (Lipinski definition) is 2. The molecule has 0 radical (unpaired) electrons. The Labute approximate surface area is 95.1 Å². The lowest BCUT2D eigenvalue weighted by atomic mass is 10.2. The zero-order valence-corrected chi connectivity index (χ0v) is 9.97. The van der Waals surface area contributed by atoms with Crippen LogP contribution in [0, 0.1) is 0 Å². The van der Waals surface area contributed by atoms with E-state index in [1.165, 1.54) is 4.90 Å². The van der Waals surface area contributed by atoms with Crippen molar-refractivity contribution in [1.29, 1.82) is 0 Å². The summed E-state index contributed by atoms with van der Waals surface area (Å²) in [5, 5.41) is 0. The van der Waals surface area contributed by atoms with E-state index >= 15 is 0 Å². The van der Waals surface area contributed by atoms with Crippen LogP contribution in [0.4, 0.5) is 0 Å². The summed E-state index contributed by atoms with van der Waals surface area (Å²) in [6.45, 7) is 2.89. The van der Waals surface area contributed by atoms with Crippen LogP contribution in [0.25, 0.3) is 0 Å². The standard InChI is InChI=1S/C11H17N3S/c1-3-8-13-11(14-12)9-4-6-10(15-2)7-5-9/h4-7H,3,8,12H2,1-2H3,(H,13,14). The summed E-state index contributed by atoms with van der Waals surface area (Å²) in [5.74, 6) is 6.18. The van der Waals surface area contributed by atoms with E-state index < -0.39 is 0 Å². The average Bonchev–Trinajstić information content (AvgIpc) is 2.31. The highest BCUT2D eigenvalue weighted by atomic mass is 32.2. The fourth-order valence-electron chi connectivity index (χ4n) is 1.19. The van der Waals surface area contributed by atoms with Crippen molar-refractivity contribution in [2.24, 2.45) is 10.8 Å². The van der Waals surface area contributed by atoms with Crippen LogP contribution in [0.5, 0.6) is 0 Å². The molecule has 3 N–H and O–H groups in total. The second-order valence-electron chi connectivity index (χ2n) is 3.10. The van der Waals surface area contributed by atoms with E-state index in [-0.39, 0.29) is 0 Å². The second-order valence-corrected chi connectivity index (χ2v) is 3.98. The molecule has 1 aromatic carbocycles. The van der Waals surface area contributed by atoms with Gasteiger partial charge >= 0.3 is 0 Å². The molecule has 0 saturated carbocycles. The normalized spacial score (nSPS) is 11.5. The molecule has 0 heterocycles. The molecule has 0 aliphatic heterocycles. The topological polar surface area (TPSA) is 50.4 Å². The Morgan fingerprint density at radius 3 is 2.53 bits per heavy atom. The summed E-state index contributed by atoms with van der Waals surface area (Å²) in [6, 6.07) is 8.19. The van der Waals surface area contributed by atoms with Crippen LogP contribution in [-0.2, 0) is 0 Å². The van der Waals surface area contributed by atoms with E-state index in [9.17, 15) is 0 Å². The molecular formula is C11H17N3S. The molecule has 0 atom stereocenters. The monoisotopic (exact) mass is 223 g/mol. The van der Waals surface area contributed by atoms with Crippen molar-refractivity contribution < 1.29 is 0 Å². The minimum Gasteiger partial charge on any atom is -0.308 e. The minimum absolute atomic E-state index is 0.754. The quantitative estimate of drug-likeness (QED) is 0.270. The predicted molar refractivity (Wildman–Crippen MR) is 67.2 cm³/mol. The summed E-state index contributed by atoms with van der Waals surface area (Å²) < 4.78 is 0. The van der Waals surface area contributed by atoms with Gasteiger partial charge in [-0.3, -0.25) is 4.99 Å². The van der Waals surface area contributed by atoms with Crippen LogP contribution in [0.1, 0.15) is 18.9 Å². The highest BCUT2D eigenvalue weighted by Crippen LogP contribution is 2.14. The second kappa shape index (κ2) is 6.48. The first-order valence-electron chi connectivity index (χ1n) is 4.97.